The third kappa shape index (κ3) is 5.16. The van der Waals surface area contributed by atoms with E-state index in [0.717, 1.165) is 15.7 Å². The summed E-state index contributed by atoms with van der Waals surface area (Å²) in [6.45, 7) is 0.406. The van der Waals surface area contributed by atoms with Crippen molar-refractivity contribution in [2.75, 3.05) is 0 Å². The Kier molecular flexibility index (Phi) is 6.85. The number of nitrogens with zero attached hydrogens (tertiary/aromatic N) is 2. The van der Waals surface area contributed by atoms with Gasteiger partial charge in [-0.1, -0.05) is 84.9 Å². The van der Waals surface area contributed by atoms with Gasteiger partial charge in [-0.05, 0) is 35.4 Å². The van der Waals surface area contributed by atoms with Gasteiger partial charge in [0.1, 0.15) is 12.1 Å². The minimum absolute atomic E-state index is 0.0462. The Morgan fingerprint density at radius 1 is 0.730 bits per heavy atom. The van der Waals surface area contributed by atoms with Crippen LogP contribution in [0.2, 0.25) is 0 Å². The van der Waals surface area contributed by atoms with Crippen molar-refractivity contribution in [1.82, 2.24) is 8.87 Å². The molecule has 5 rings (SSSR count). The number of oxazole rings is 1. The van der Waals surface area contributed by atoms with Gasteiger partial charge in [-0.2, -0.15) is 4.31 Å². The molecule has 1 heterocycles. The molecule has 0 atom stereocenters. The lowest BCUT2D eigenvalue weighted by molar-refractivity contribution is 0.401. The summed E-state index contributed by atoms with van der Waals surface area (Å²) in [7, 11) is -3.88. The van der Waals surface area contributed by atoms with Gasteiger partial charge < -0.3 is 4.42 Å². The first-order chi connectivity index (χ1) is 17.9. The Morgan fingerprint density at radius 2 is 1.27 bits per heavy atom. The van der Waals surface area contributed by atoms with Crippen molar-refractivity contribution >= 4 is 10.0 Å². The van der Waals surface area contributed by atoms with E-state index >= 15 is 0 Å². The molecule has 5 aromatic rings. The lowest BCUT2D eigenvalue weighted by Gasteiger charge is -2.23. The Bertz CT molecular complexity index is 1620. The van der Waals surface area contributed by atoms with Crippen molar-refractivity contribution in [3.05, 3.63) is 143 Å². The fourth-order valence-corrected chi connectivity index (χ4v) is 5.53. The molecule has 0 saturated carbocycles. The summed E-state index contributed by atoms with van der Waals surface area (Å²) in [6, 6.07) is 30.8. The van der Waals surface area contributed by atoms with Crippen LogP contribution in [0.4, 0.5) is 4.39 Å². The first-order valence-electron chi connectivity index (χ1n) is 11.6. The molecule has 186 valence electrons. The molecule has 0 aliphatic carbocycles. The number of aromatic nitrogens is 1. The van der Waals surface area contributed by atoms with Gasteiger partial charge in [0.15, 0.2) is 0 Å². The molecule has 0 aliphatic rings. The molecular weight excluding hydrogens is 491 g/mol. The van der Waals surface area contributed by atoms with Crippen LogP contribution in [0.25, 0.3) is 16.9 Å². The summed E-state index contributed by atoms with van der Waals surface area (Å²) < 4.78 is 49.5. The maximum Gasteiger partial charge on any atom is 0.424 e. The topological polar surface area (TPSA) is 72.5 Å². The summed E-state index contributed by atoms with van der Waals surface area (Å²) in [5.41, 5.74) is 2.59. The molecule has 37 heavy (non-hydrogen) atoms. The third-order valence-electron chi connectivity index (χ3n) is 5.98. The quantitative estimate of drug-likeness (QED) is 0.269. The van der Waals surface area contributed by atoms with Crippen LogP contribution in [-0.4, -0.2) is 17.3 Å². The number of para-hydroxylation sites is 1. The number of hydrogen-bond donors (Lipinski definition) is 0. The zero-order chi connectivity index (χ0) is 25.8. The van der Waals surface area contributed by atoms with Gasteiger partial charge in [-0.25, -0.2) is 22.2 Å². The van der Waals surface area contributed by atoms with Gasteiger partial charge in [-0.15, -0.1) is 0 Å². The fraction of sp³-hybridized carbons (Fsp3) is 0.0690. The third-order valence-corrected chi connectivity index (χ3v) is 7.79. The zero-order valence-electron chi connectivity index (χ0n) is 19.7. The molecule has 0 unspecified atom stereocenters. The standard InChI is InChI=1S/C29H23FN2O4S/c30-26-13-7-8-14-27(26)32-28(21-36-29(32)33)24-15-17-25(18-16-24)37(34,35)31(19-22-9-3-1-4-10-22)20-23-11-5-2-6-12-23/h1-18,21H,19-20H2. The van der Waals surface area contributed by atoms with Crippen LogP contribution in [0.1, 0.15) is 11.1 Å². The molecular formula is C29H23FN2O4S. The predicted octanol–water partition coefficient (Wildman–Crippen LogP) is 5.63. The van der Waals surface area contributed by atoms with Crippen LogP contribution in [0.15, 0.2) is 130 Å². The van der Waals surface area contributed by atoms with Gasteiger partial charge >= 0.3 is 5.76 Å². The molecule has 0 spiro atoms. The summed E-state index contributed by atoms with van der Waals surface area (Å²) in [4.78, 5) is 12.5. The van der Waals surface area contributed by atoms with E-state index in [1.165, 1.54) is 40.9 Å². The van der Waals surface area contributed by atoms with Crippen LogP contribution in [0.3, 0.4) is 0 Å². The van der Waals surface area contributed by atoms with Crippen LogP contribution in [-0.2, 0) is 23.1 Å². The molecule has 8 heteroatoms. The maximum atomic E-state index is 14.4. The minimum atomic E-state index is -3.88. The Morgan fingerprint density at radius 3 is 1.84 bits per heavy atom. The second-order valence-corrected chi connectivity index (χ2v) is 10.4. The number of halogens is 1. The first-order valence-corrected chi connectivity index (χ1v) is 13.0. The van der Waals surface area contributed by atoms with Crippen molar-refractivity contribution in [1.29, 1.82) is 0 Å². The van der Waals surface area contributed by atoms with Gasteiger partial charge in [0.2, 0.25) is 10.0 Å². The summed E-state index contributed by atoms with van der Waals surface area (Å²) >= 11 is 0. The van der Waals surface area contributed by atoms with E-state index in [4.69, 9.17) is 4.42 Å². The monoisotopic (exact) mass is 514 g/mol. The fourth-order valence-electron chi connectivity index (χ4n) is 4.12. The SMILES string of the molecule is O=c1occ(-c2ccc(S(=O)(=O)N(Cc3ccccc3)Cc3ccccc3)cc2)n1-c1ccccc1F. The molecule has 0 radical (unpaired) electrons. The van der Waals surface area contributed by atoms with Gasteiger partial charge in [0.25, 0.3) is 0 Å². The summed E-state index contributed by atoms with van der Waals surface area (Å²) in [6.07, 6.45) is 1.23. The number of benzene rings is 4. The molecule has 0 N–H and O–H groups in total. The Balaban J connectivity index is 1.49. The summed E-state index contributed by atoms with van der Waals surface area (Å²) in [5, 5.41) is 0. The number of hydrogen-bond acceptors (Lipinski definition) is 4. The zero-order valence-corrected chi connectivity index (χ0v) is 20.5. The average Bonchev–Trinajstić information content (AvgIpc) is 3.31. The molecule has 0 bridgehead atoms. The molecule has 0 saturated heterocycles. The largest absolute Gasteiger partial charge is 0.424 e. The van der Waals surface area contributed by atoms with Gasteiger partial charge in [0.05, 0.1) is 16.3 Å². The van der Waals surface area contributed by atoms with E-state index in [2.05, 4.69) is 0 Å². The van der Waals surface area contributed by atoms with Crippen molar-refractivity contribution < 1.29 is 17.2 Å². The number of sulfonamides is 1. The average molecular weight is 515 g/mol. The highest BCUT2D eigenvalue weighted by atomic mass is 32.2. The maximum absolute atomic E-state index is 14.4. The lowest BCUT2D eigenvalue weighted by atomic mass is 10.1. The van der Waals surface area contributed by atoms with Crippen LogP contribution < -0.4 is 5.76 Å². The van der Waals surface area contributed by atoms with Crippen molar-refractivity contribution in [3.63, 3.8) is 0 Å². The van der Waals surface area contributed by atoms with Crippen molar-refractivity contribution in [2.24, 2.45) is 0 Å². The second kappa shape index (κ2) is 10.4. The molecule has 6 nitrogen and oxygen atoms in total. The highest BCUT2D eigenvalue weighted by molar-refractivity contribution is 7.89. The van der Waals surface area contributed by atoms with Gasteiger partial charge in [-0.3, -0.25) is 0 Å². The minimum Gasteiger partial charge on any atom is -0.415 e. The van der Waals surface area contributed by atoms with Crippen LogP contribution in [0.5, 0.6) is 0 Å². The molecule has 1 aromatic heterocycles. The van der Waals surface area contributed by atoms with E-state index < -0.39 is 21.6 Å². The summed E-state index contributed by atoms with van der Waals surface area (Å²) in [5.74, 6) is -1.32. The molecule has 0 fully saturated rings. The van der Waals surface area contributed by atoms with Crippen LogP contribution in [0, 0.1) is 5.82 Å². The normalized spacial score (nSPS) is 11.6. The van der Waals surface area contributed by atoms with E-state index in [-0.39, 0.29) is 23.7 Å². The van der Waals surface area contributed by atoms with E-state index in [1.807, 2.05) is 60.7 Å². The molecule has 4 aromatic carbocycles. The van der Waals surface area contributed by atoms with E-state index in [9.17, 15) is 17.6 Å². The van der Waals surface area contributed by atoms with Gasteiger partial charge in [0, 0.05) is 18.7 Å². The first kappa shape index (κ1) is 24.4. The van der Waals surface area contributed by atoms with Crippen molar-refractivity contribution in [3.8, 4) is 16.9 Å². The smallest absolute Gasteiger partial charge is 0.415 e. The molecule has 0 aliphatic heterocycles. The Hall–Kier alpha value is -4.27. The highest BCUT2D eigenvalue weighted by Crippen LogP contribution is 2.27. The second-order valence-electron chi connectivity index (χ2n) is 8.44. The number of rotatable bonds is 8. The highest BCUT2D eigenvalue weighted by Gasteiger charge is 2.25. The predicted molar refractivity (Wildman–Crippen MR) is 139 cm³/mol. The Labute approximate surface area is 213 Å². The lowest BCUT2D eigenvalue weighted by Crippen LogP contribution is -2.30. The van der Waals surface area contributed by atoms with Crippen LogP contribution >= 0.6 is 0 Å². The molecule has 0 amide bonds. The van der Waals surface area contributed by atoms with E-state index in [0.29, 0.717) is 11.3 Å². The van der Waals surface area contributed by atoms with Crippen molar-refractivity contribution in [2.45, 2.75) is 18.0 Å². The van der Waals surface area contributed by atoms with E-state index in [1.54, 1.807) is 18.2 Å².